The number of nitrogens with one attached hydrogen (secondary N) is 1. The molecular weight excluding hydrogens is 356 g/mol. The molecule has 1 aliphatic carbocycles. The molecule has 0 bridgehead atoms. The van der Waals surface area contributed by atoms with Crippen molar-refractivity contribution in [1.82, 2.24) is 20.0 Å². The molecule has 27 heavy (non-hydrogen) atoms. The number of nitrogens with zero attached hydrogens (tertiary/aromatic N) is 3. The maximum absolute atomic E-state index is 12.8. The van der Waals surface area contributed by atoms with E-state index in [1.807, 2.05) is 0 Å². The van der Waals surface area contributed by atoms with Crippen molar-refractivity contribution in [2.24, 2.45) is 0 Å². The summed E-state index contributed by atoms with van der Waals surface area (Å²) in [6, 6.07) is -1.06. The second-order valence-electron chi connectivity index (χ2n) is 7.18. The van der Waals surface area contributed by atoms with Crippen molar-refractivity contribution in [3.05, 3.63) is 0 Å². The van der Waals surface area contributed by atoms with Gasteiger partial charge in [-0.1, -0.05) is 19.3 Å². The van der Waals surface area contributed by atoms with E-state index in [4.69, 9.17) is 4.74 Å². The third kappa shape index (κ3) is 3.24. The number of rotatable bonds is 4. The highest BCUT2D eigenvalue weighted by Gasteiger charge is 2.56. The van der Waals surface area contributed by atoms with Gasteiger partial charge in [-0.3, -0.25) is 24.2 Å². The van der Waals surface area contributed by atoms with Crippen molar-refractivity contribution in [2.45, 2.75) is 50.7 Å². The van der Waals surface area contributed by atoms with E-state index in [1.165, 1.54) is 11.8 Å². The summed E-state index contributed by atoms with van der Waals surface area (Å²) in [7, 11) is 1.58. The number of hydrogen-bond acceptors (Lipinski definition) is 6. The first-order chi connectivity index (χ1) is 12.8. The predicted octanol–water partition coefficient (Wildman–Crippen LogP) is 0.0668. The molecule has 0 aromatic rings. The van der Waals surface area contributed by atoms with Gasteiger partial charge in [0.05, 0.1) is 0 Å². The second kappa shape index (κ2) is 7.16. The summed E-state index contributed by atoms with van der Waals surface area (Å²) in [6.45, 7) is 1.36. The number of carbonyl (C=O) groups excluding carboxylic acids is 5. The van der Waals surface area contributed by atoms with Crippen LogP contribution in [0.5, 0.6) is 0 Å². The van der Waals surface area contributed by atoms with Gasteiger partial charge in [-0.25, -0.2) is 9.59 Å². The number of amides is 6. The lowest BCUT2D eigenvalue weighted by Crippen LogP contribution is -2.49. The van der Waals surface area contributed by atoms with Gasteiger partial charge in [0.25, 0.3) is 11.8 Å². The average molecular weight is 380 g/mol. The standard InChI is InChI=1S/C17H24N4O6/c1-11(13(23)20-9-8-18-15(20)25)27-12(22)10-21-14(24)17(19(2)16(21)26)6-4-3-5-7-17/h11H,3-10H2,1-2H3,(H,18,25)/t11-/m0/s1. The molecule has 0 unspecified atom stereocenters. The molecule has 3 fully saturated rings. The highest BCUT2D eigenvalue weighted by Crippen LogP contribution is 2.39. The van der Waals surface area contributed by atoms with Crippen molar-refractivity contribution in [1.29, 1.82) is 0 Å². The van der Waals surface area contributed by atoms with Gasteiger partial charge in [0.1, 0.15) is 12.1 Å². The Bertz CT molecular complexity index is 687. The zero-order valence-electron chi connectivity index (χ0n) is 15.5. The molecule has 1 atom stereocenters. The zero-order valence-corrected chi connectivity index (χ0v) is 15.5. The van der Waals surface area contributed by atoms with E-state index in [2.05, 4.69) is 5.32 Å². The second-order valence-corrected chi connectivity index (χ2v) is 7.18. The van der Waals surface area contributed by atoms with E-state index < -0.39 is 42.1 Å². The van der Waals surface area contributed by atoms with Crippen LogP contribution in [0.25, 0.3) is 0 Å². The number of esters is 1. The van der Waals surface area contributed by atoms with Crippen molar-refractivity contribution < 1.29 is 28.7 Å². The molecule has 148 valence electrons. The minimum Gasteiger partial charge on any atom is -0.451 e. The van der Waals surface area contributed by atoms with E-state index in [0.717, 1.165) is 29.1 Å². The normalized spacial score (nSPS) is 23.0. The molecule has 0 radical (unpaired) electrons. The average Bonchev–Trinajstić information content (AvgIpc) is 3.15. The number of hydrogen-bond donors (Lipinski definition) is 1. The molecule has 0 aromatic carbocycles. The van der Waals surface area contributed by atoms with Crippen LogP contribution >= 0.6 is 0 Å². The van der Waals surface area contributed by atoms with E-state index in [9.17, 15) is 24.0 Å². The molecule has 2 saturated heterocycles. The topological polar surface area (TPSA) is 116 Å². The van der Waals surface area contributed by atoms with Gasteiger partial charge in [0.15, 0.2) is 6.10 Å². The Hall–Kier alpha value is -2.65. The monoisotopic (exact) mass is 380 g/mol. The van der Waals surface area contributed by atoms with Crippen molar-refractivity contribution in [3.8, 4) is 0 Å². The molecule has 1 spiro atoms. The maximum atomic E-state index is 12.8. The van der Waals surface area contributed by atoms with E-state index in [0.29, 0.717) is 19.4 Å². The van der Waals surface area contributed by atoms with Gasteiger partial charge in [-0.15, -0.1) is 0 Å². The Kier molecular flexibility index (Phi) is 5.07. The minimum absolute atomic E-state index is 0.204. The number of imide groups is 2. The molecule has 10 nitrogen and oxygen atoms in total. The van der Waals surface area contributed by atoms with Crippen LogP contribution in [0.4, 0.5) is 9.59 Å². The van der Waals surface area contributed by atoms with Crippen LogP contribution in [-0.2, 0) is 19.1 Å². The Labute approximate surface area is 156 Å². The third-order valence-corrected chi connectivity index (χ3v) is 5.55. The number of urea groups is 2. The Morgan fingerprint density at radius 2 is 1.85 bits per heavy atom. The van der Waals surface area contributed by atoms with Crippen LogP contribution in [0.1, 0.15) is 39.0 Å². The highest BCUT2D eigenvalue weighted by molar-refractivity contribution is 6.08. The van der Waals surface area contributed by atoms with Crippen molar-refractivity contribution in [2.75, 3.05) is 26.7 Å². The van der Waals surface area contributed by atoms with Crippen molar-refractivity contribution >= 4 is 29.8 Å². The molecule has 6 amide bonds. The van der Waals surface area contributed by atoms with Crippen LogP contribution in [0, 0.1) is 0 Å². The fourth-order valence-corrected chi connectivity index (χ4v) is 3.99. The number of ether oxygens (including phenoxy) is 1. The van der Waals surface area contributed by atoms with Crippen LogP contribution in [-0.4, -0.2) is 82.9 Å². The van der Waals surface area contributed by atoms with Gasteiger partial charge in [0, 0.05) is 20.1 Å². The predicted molar refractivity (Wildman–Crippen MR) is 91.4 cm³/mol. The fourth-order valence-electron chi connectivity index (χ4n) is 3.99. The summed E-state index contributed by atoms with van der Waals surface area (Å²) in [5.74, 6) is -1.89. The third-order valence-electron chi connectivity index (χ3n) is 5.55. The highest BCUT2D eigenvalue weighted by atomic mass is 16.5. The van der Waals surface area contributed by atoms with Gasteiger partial charge >= 0.3 is 18.0 Å². The van der Waals surface area contributed by atoms with E-state index >= 15 is 0 Å². The van der Waals surface area contributed by atoms with Gasteiger partial charge in [-0.2, -0.15) is 0 Å². The summed E-state index contributed by atoms with van der Waals surface area (Å²) < 4.78 is 5.07. The zero-order chi connectivity index (χ0) is 19.8. The molecule has 1 saturated carbocycles. The Morgan fingerprint density at radius 3 is 2.44 bits per heavy atom. The summed E-state index contributed by atoms with van der Waals surface area (Å²) in [6.07, 6.45) is 2.70. The summed E-state index contributed by atoms with van der Waals surface area (Å²) in [5, 5.41) is 2.49. The lowest BCUT2D eigenvalue weighted by Gasteiger charge is -2.35. The molecule has 2 aliphatic heterocycles. The van der Waals surface area contributed by atoms with E-state index in [1.54, 1.807) is 7.05 Å². The van der Waals surface area contributed by atoms with Gasteiger partial charge in [-0.05, 0) is 19.8 Å². The summed E-state index contributed by atoms with van der Waals surface area (Å²) in [4.78, 5) is 64.5. The largest absolute Gasteiger partial charge is 0.451 e. The smallest absolute Gasteiger partial charge is 0.327 e. The van der Waals surface area contributed by atoms with Crippen LogP contribution in [0.3, 0.4) is 0 Å². The first-order valence-corrected chi connectivity index (χ1v) is 9.16. The Morgan fingerprint density at radius 1 is 1.19 bits per heavy atom. The number of carbonyl (C=O) groups is 5. The molecule has 3 rings (SSSR count). The molecule has 0 aromatic heterocycles. The fraction of sp³-hybridized carbons (Fsp3) is 0.706. The molecular formula is C17H24N4O6. The molecule has 1 N–H and O–H groups in total. The number of likely N-dealkylation sites (N-methyl/N-ethyl adjacent to an activating group) is 1. The molecule has 10 heteroatoms. The first kappa shape index (κ1) is 19.1. The summed E-state index contributed by atoms with van der Waals surface area (Å²) >= 11 is 0. The van der Waals surface area contributed by atoms with Crippen molar-refractivity contribution in [3.63, 3.8) is 0 Å². The van der Waals surface area contributed by atoms with Crippen LogP contribution in [0.2, 0.25) is 0 Å². The molecule has 2 heterocycles. The minimum atomic E-state index is -1.18. The lowest BCUT2D eigenvalue weighted by molar-refractivity contribution is -0.159. The van der Waals surface area contributed by atoms with Gasteiger partial charge < -0.3 is 15.0 Å². The van der Waals surface area contributed by atoms with Gasteiger partial charge in [0.2, 0.25) is 0 Å². The first-order valence-electron chi connectivity index (χ1n) is 9.16. The summed E-state index contributed by atoms with van der Waals surface area (Å²) in [5.41, 5.74) is -0.870. The van der Waals surface area contributed by atoms with Crippen LogP contribution in [0.15, 0.2) is 0 Å². The molecule has 3 aliphatic rings. The maximum Gasteiger partial charge on any atom is 0.327 e. The Balaban J connectivity index is 1.62. The van der Waals surface area contributed by atoms with E-state index in [-0.39, 0.29) is 12.5 Å². The lowest BCUT2D eigenvalue weighted by atomic mass is 9.81. The van der Waals surface area contributed by atoms with Crippen LogP contribution < -0.4 is 5.32 Å². The SMILES string of the molecule is C[C@H](OC(=O)CN1C(=O)N(C)C2(CCCCC2)C1=O)C(=O)N1CCNC1=O. The quantitative estimate of drug-likeness (QED) is 0.545.